The van der Waals surface area contributed by atoms with Crippen molar-refractivity contribution in [3.8, 4) is 11.5 Å². The van der Waals surface area contributed by atoms with Gasteiger partial charge in [-0.2, -0.15) is 0 Å². The van der Waals surface area contributed by atoms with E-state index in [4.69, 9.17) is 9.47 Å². The first-order chi connectivity index (χ1) is 9.08. The predicted octanol–water partition coefficient (Wildman–Crippen LogP) is 2.87. The van der Waals surface area contributed by atoms with Gasteiger partial charge in [-0.15, -0.1) is 0 Å². The third-order valence-corrected chi connectivity index (χ3v) is 2.90. The highest BCUT2D eigenvalue weighted by molar-refractivity contribution is 5.97. The van der Waals surface area contributed by atoms with Gasteiger partial charge in [0, 0.05) is 12.6 Å². The number of nitrogens with one attached hydrogen (secondary N) is 1. The maximum absolute atomic E-state index is 12.0. The highest BCUT2D eigenvalue weighted by Gasteiger charge is 2.12. The summed E-state index contributed by atoms with van der Waals surface area (Å²) in [6, 6.07) is 5.18. The molecule has 0 fully saturated rings. The second-order valence-corrected chi connectivity index (χ2v) is 4.86. The Morgan fingerprint density at radius 1 is 1.26 bits per heavy atom. The molecule has 0 saturated carbocycles. The number of carbonyl (C=O) groups is 1. The van der Waals surface area contributed by atoms with Gasteiger partial charge in [0.05, 0.1) is 19.8 Å². The summed E-state index contributed by atoms with van der Waals surface area (Å²) in [6.07, 6.45) is 2.10. The number of hydrogen-bond acceptors (Lipinski definition) is 3. The number of benzene rings is 1. The standard InChI is InChI=1S/C15H23NO3/c1-11(2)6-5-9-16-15(17)13-8-7-12(18-3)10-14(13)19-4/h7-8,10-11H,5-6,9H2,1-4H3,(H,16,17). The third kappa shape index (κ3) is 4.81. The quantitative estimate of drug-likeness (QED) is 0.771. The topological polar surface area (TPSA) is 47.6 Å². The maximum atomic E-state index is 12.0. The molecule has 0 aliphatic heterocycles. The van der Waals surface area contributed by atoms with Crippen molar-refractivity contribution in [2.24, 2.45) is 5.92 Å². The Kier molecular flexibility index (Phi) is 6.19. The molecule has 0 aliphatic rings. The Hall–Kier alpha value is -1.71. The van der Waals surface area contributed by atoms with Crippen molar-refractivity contribution < 1.29 is 14.3 Å². The van der Waals surface area contributed by atoms with Crippen LogP contribution in [0, 0.1) is 5.92 Å². The van der Waals surface area contributed by atoms with Gasteiger partial charge in [-0.3, -0.25) is 4.79 Å². The molecule has 19 heavy (non-hydrogen) atoms. The minimum Gasteiger partial charge on any atom is -0.497 e. The van der Waals surface area contributed by atoms with Crippen LogP contribution in [0.4, 0.5) is 0 Å². The van der Waals surface area contributed by atoms with Crippen LogP contribution in [0.25, 0.3) is 0 Å². The van der Waals surface area contributed by atoms with Crippen molar-refractivity contribution in [3.63, 3.8) is 0 Å². The van der Waals surface area contributed by atoms with Gasteiger partial charge < -0.3 is 14.8 Å². The van der Waals surface area contributed by atoms with Crippen LogP contribution < -0.4 is 14.8 Å². The average Bonchev–Trinajstić information content (AvgIpc) is 2.42. The Morgan fingerprint density at radius 3 is 2.58 bits per heavy atom. The first kappa shape index (κ1) is 15.3. The highest BCUT2D eigenvalue weighted by atomic mass is 16.5. The second-order valence-electron chi connectivity index (χ2n) is 4.86. The summed E-state index contributed by atoms with van der Waals surface area (Å²) < 4.78 is 10.3. The lowest BCUT2D eigenvalue weighted by Gasteiger charge is -2.11. The van der Waals surface area contributed by atoms with Crippen LogP contribution in [0.1, 0.15) is 37.0 Å². The van der Waals surface area contributed by atoms with Crippen LogP contribution >= 0.6 is 0 Å². The van der Waals surface area contributed by atoms with Gasteiger partial charge in [-0.05, 0) is 30.9 Å². The zero-order chi connectivity index (χ0) is 14.3. The second kappa shape index (κ2) is 7.67. The van der Waals surface area contributed by atoms with E-state index in [2.05, 4.69) is 19.2 Å². The molecule has 1 rings (SSSR count). The molecule has 0 aliphatic carbocycles. The molecule has 0 aromatic heterocycles. The van der Waals surface area contributed by atoms with E-state index in [1.54, 1.807) is 32.4 Å². The van der Waals surface area contributed by atoms with Gasteiger partial charge in [-0.1, -0.05) is 13.8 Å². The van der Waals surface area contributed by atoms with E-state index in [-0.39, 0.29) is 5.91 Å². The third-order valence-electron chi connectivity index (χ3n) is 2.90. The Labute approximate surface area is 115 Å². The van der Waals surface area contributed by atoms with Crippen LogP contribution in [0.2, 0.25) is 0 Å². The highest BCUT2D eigenvalue weighted by Crippen LogP contribution is 2.24. The summed E-state index contributed by atoms with van der Waals surface area (Å²) in [4.78, 5) is 12.0. The molecule has 1 amide bonds. The lowest BCUT2D eigenvalue weighted by Crippen LogP contribution is -2.25. The van der Waals surface area contributed by atoms with E-state index in [9.17, 15) is 4.79 Å². The van der Waals surface area contributed by atoms with Crippen LogP contribution in [0.3, 0.4) is 0 Å². The molecule has 0 bridgehead atoms. The van der Waals surface area contributed by atoms with E-state index < -0.39 is 0 Å². The summed E-state index contributed by atoms with van der Waals surface area (Å²) in [7, 11) is 3.13. The number of methoxy groups -OCH3 is 2. The smallest absolute Gasteiger partial charge is 0.255 e. The van der Waals surface area contributed by atoms with E-state index >= 15 is 0 Å². The van der Waals surface area contributed by atoms with Crippen LogP contribution in [-0.4, -0.2) is 26.7 Å². The lowest BCUT2D eigenvalue weighted by atomic mass is 10.1. The van der Waals surface area contributed by atoms with Crippen molar-refractivity contribution in [2.75, 3.05) is 20.8 Å². The zero-order valence-corrected chi connectivity index (χ0v) is 12.2. The largest absolute Gasteiger partial charge is 0.497 e. The number of hydrogen-bond donors (Lipinski definition) is 1. The molecule has 0 heterocycles. The van der Waals surface area contributed by atoms with Crippen molar-refractivity contribution in [2.45, 2.75) is 26.7 Å². The van der Waals surface area contributed by atoms with Crippen LogP contribution in [-0.2, 0) is 0 Å². The summed E-state index contributed by atoms with van der Waals surface area (Å²) in [5.74, 6) is 1.75. The van der Waals surface area contributed by atoms with E-state index in [0.717, 1.165) is 12.8 Å². The molecule has 1 aromatic rings. The van der Waals surface area contributed by atoms with Gasteiger partial charge in [0.25, 0.3) is 5.91 Å². The Bertz CT molecular complexity index is 416. The molecule has 0 unspecified atom stereocenters. The maximum Gasteiger partial charge on any atom is 0.255 e. The average molecular weight is 265 g/mol. The van der Waals surface area contributed by atoms with Crippen LogP contribution in [0.15, 0.2) is 18.2 Å². The fourth-order valence-corrected chi connectivity index (χ4v) is 1.79. The summed E-state index contributed by atoms with van der Waals surface area (Å²) in [6.45, 7) is 5.04. The predicted molar refractivity (Wildman–Crippen MR) is 76.0 cm³/mol. The van der Waals surface area contributed by atoms with Gasteiger partial charge in [0.15, 0.2) is 0 Å². The van der Waals surface area contributed by atoms with Crippen molar-refractivity contribution in [3.05, 3.63) is 23.8 Å². The summed E-state index contributed by atoms with van der Waals surface area (Å²) in [5, 5.41) is 2.91. The molecule has 0 spiro atoms. The minimum atomic E-state index is -0.108. The first-order valence-electron chi connectivity index (χ1n) is 6.58. The molecule has 106 valence electrons. The van der Waals surface area contributed by atoms with Gasteiger partial charge in [-0.25, -0.2) is 0 Å². The van der Waals surface area contributed by atoms with Crippen molar-refractivity contribution in [1.82, 2.24) is 5.32 Å². The molecular weight excluding hydrogens is 242 g/mol. The molecular formula is C15H23NO3. The number of ether oxygens (including phenoxy) is 2. The molecule has 1 aromatic carbocycles. The molecule has 4 nitrogen and oxygen atoms in total. The normalized spacial score (nSPS) is 10.4. The Balaban J connectivity index is 2.61. The molecule has 0 radical (unpaired) electrons. The molecule has 4 heteroatoms. The molecule has 0 atom stereocenters. The number of rotatable bonds is 7. The fourth-order valence-electron chi connectivity index (χ4n) is 1.79. The first-order valence-corrected chi connectivity index (χ1v) is 6.58. The van der Waals surface area contributed by atoms with Gasteiger partial charge in [0.1, 0.15) is 11.5 Å². The minimum absolute atomic E-state index is 0.108. The number of amides is 1. The van der Waals surface area contributed by atoms with Crippen LogP contribution in [0.5, 0.6) is 11.5 Å². The van der Waals surface area contributed by atoms with Crippen molar-refractivity contribution >= 4 is 5.91 Å². The SMILES string of the molecule is COc1ccc(C(=O)NCCCC(C)C)c(OC)c1. The van der Waals surface area contributed by atoms with E-state index in [1.165, 1.54) is 0 Å². The zero-order valence-electron chi connectivity index (χ0n) is 12.2. The van der Waals surface area contributed by atoms with Gasteiger partial charge in [0.2, 0.25) is 0 Å². The van der Waals surface area contributed by atoms with E-state index in [1.807, 2.05) is 0 Å². The summed E-state index contributed by atoms with van der Waals surface area (Å²) in [5.41, 5.74) is 0.535. The molecule has 0 saturated heterocycles. The molecule has 1 N–H and O–H groups in total. The van der Waals surface area contributed by atoms with Gasteiger partial charge >= 0.3 is 0 Å². The Morgan fingerprint density at radius 2 is 2.00 bits per heavy atom. The monoisotopic (exact) mass is 265 g/mol. The number of carbonyl (C=O) groups excluding carboxylic acids is 1. The van der Waals surface area contributed by atoms with Crippen molar-refractivity contribution in [1.29, 1.82) is 0 Å². The lowest BCUT2D eigenvalue weighted by molar-refractivity contribution is 0.0949. The van der Waals surface area contributed by atoms with E-state index in [0.29, 0.717) is 29.5 Å². The fraction of sp³-hybridized carbons (Fsp3) is 0.533. The summed E-state index contributed by atoms with van der Waals surface area (Å²) >= 11 is 0.